The maximum Gasteiger partial charge on any atom is -0.00342 e. The Bertz CT molecular complexity index is 274. The minimum Gasteiger partial charge on any atom is -0.147 e. The first kappa shape index (κ1) is 18.9. The Morgan fingerprint density at radius 3 is 2.00 bits per heavy atom. The second kappa shape index (κ2) is 14.4. The van der Waals surface area contributed by atoms with Crippen LogP contribution in [-0.2, 0) is 6.16 Å². The van der Waals surface area contributed by atoms with Crippen LogP contribution in [0.5, 0.6) is 0 Å². The van der Waals surface area contributed by atoms with Crippen LogP contribution in [0, 0.1) is 0 Å². The summed E-state index contributed by atoms with van der Waals surface area (Å²) < 4.78 is 0. The van der Waals surface area contributed by atoms with Crippen molar-refractivity contribution in [3.63, 3.8) is 0 Å². The monoisotopic (exact) mass is 299 g/mol. The third-order valence-electron chi connectivity index (χ3n) is 3.31. The van der Waals surface area contributed by atoms with Gasteiger partial charge in [-0.25, -0.2) is 0 Å². The Morgan fingerprint density at radius 1 is 0.789 bits per heavy atom. The molecule has 1 aromatic rings. The minimum atomic E-state index is 0. The van der Waals surface area contributed by atoms with Gasteiger partial charge in [0, 0.05) is 0 Å². The molecule has 0 aliphatic carbocycles. The number of unbranched alkanes of at least 4 members (excludes halogenated alkanes) is 7. The van der Waals surface area contributed by atoms with Gasteiger partial charge in [0.2, 0.25) is 0 Å². The molecule has 0 amide bonds. The zero-order chi connectivity index (χ0) is 12.9. The van der Waals surface area contributed by atoms with Gasteiger partial charge in [-0.05, 0) is 24.3 Å². The molecule has 0 bridgehead atoms. The fourth-order valence-electron chi connectivity index (χ4n) is 2.15. The smallest absolute Gasteiger partial charge is 0.00342 e. The molecule has 0 spiro atoms. The van der Waals surface area contributed by atoms with Crippen LogP contribution >= 0.6 is 21.0 Å². The van der Waals surface area contributed by atoms with E-state index in [9.17, 15) is 0 Å². The third kappa shape index (κ3) is 11.5. The SMILES string of the molecule is CCCCCCCCCC[P]Cc1ccccc1.Cl. The fraction of sp³-hybridized carbons (Fsp3) is 0.647. The zero-order valence-electron chi connectivity index (χ0n) is 12.3. The normalized spacial score (nSPS) is 10.8. The molecule has 19 heavy (non-hydrogen) atoms. The topological polar surface area (TPSA) is 0 Å². The maximum atomic E-state index is 2.28. The molecule has 0 fully saturated rings. The van der Waals surface area contributed by atoms with Gasteiger partial charge in [0.25, 0.3) is 0 Å². The summed E-state index contributed by atoms with van der Waals surface area (Å²) in [5.74, 6) is 0. The highest BCUT2D eigenvalue weighted by atomic mass is 35.5. The van der Waals surface area contributed by atoms with Crippen molar-refractivity contribution >= 4 is 21.0 Å². The van der Waals surface area contributed by atoms with E-state index >= 15 is 0 Å². The van der Waals surface area contributed by atoms with Crippen LogP contribution in [0.4, 0.5) is 0 Å². The summed E-state index contributed by atoms with van der Waals surface area (Å²) in [5, 5.41) is 0. The van der Waals surface area contributed by atoms with Crippen molar-refractivity contribution in [2.45, 2.75) is 64.5 Å². The van der Waals surface area contributed by atoms with E-state index in [1.54, 1.807) is 8.58 Å². The molecule has 0 N–H and O–H groups in total. The molecule has 0 unspecified atom stereocenters. The van der Waals surface area contributed by atoms with Crippen LogP contribution in [0.1, 0.15) is 63.9 Å². The summed E-state index contributed by atoms with van der Waals surface area (Å²) in [7, 11) is 1.60. The highest BCUT2D eigenvalue weighted by Crippen LogP contribution is 2.20. The second-order valence-electron chi connectivity index (χ2n) is 5.07. The molecule has 2 heteroatoms. The van der Waals surface area contributed by atoms with Gasteiger partial charge >= 0.3 is 0 Å². The van der Waals surface area contributed by atoms with Crippen LogP contribution < -0.4 is 0 Å². The van der Waals surface area contributed by atoms with Crippen LogP contribution in [-0.4, -0.2) is 6.16 Å². The molecule has 0 aliphatic rings. The summed E-state index contributed by atoms with van der Waals surface area (Å²) in [5.41, 5.74) is 1.48. The van der Waals surface area contributed by atoms with Crippen molar-refractivity contribution in [1.82, 2.24) is 0 Å². The van der Waals surface area contributed by atoms with Gasteiger partial charge in [-0.2, -0.15) is 0 Å². The first-order chi connectivity index (χ1) is 8.93. The predicted octanol–water partition coefficient (Wildman–Crippen LogP) is 6.70. The average molecular weight is 300 g/mol. The van der Waals surface area contributed by atoms with Crippen molar-refractivity contribution in [3.8, 4) is 0 Å². The minimum absolute atomic E-state index is 0. The number of hydrogen-bond acceptors (Lipinski definition) is 0. The largest absolute Gasteiger partial charge is 0.147 e. The lowest BCUT2D eigenvalue weighted by Gasteiger charge is -2.02. The molecule has 0 heterocycles. The molecule has 1 rings (SSSR count). The van der Waals surface area contributed by atoms with Gasteiger partial charge in [0.05, 0.1) is 0 Å². The van der Waals surface area contributed by atoms with Crippen LogP contribution in [0.2, 0.25) is 0 Å². The van der Waals surface area contributed by atoms with Crippen molar-refractivity contribution in [2.24, 2.45) is 0 Å². The van der Waals surface area contributed by atoms with E-state index in [1.807, 2.05) is 0 Å². The molecule has 1 radical (unpaired) electrons. The van der Waals surface area contributed by atoms with E-state index in [0.29, 0.717) is 0 Å². The molecule has 0 aromatic heterocycles. The van der Waals surface area contributed by atoms with Gasteiger partial charge in [-0.15, -0.1) is 12.4 Å². The maximum absolute atomic E-state index is 2.28. The van der Waals surface area contributed by atoms with E-state index in [0.717, 1.165) is 0 Å². The highest BCUT2D eigenvalue weighted by Gasteiger charge is 1.94. The molecule has 0 atom stereocenters. The summed E-state index contributed by atoms with van der Waals surface area (Å²) in [6.07, 6.45) is 14.1. The average Bonchev–Trinajstić information content (AvgIpc) is 2.42. The van der Waals surface area contributed by atoms with E-state index < -0.39 is 0 Å². The van der Waals surface area contributed by atoms with Crippen molar-refractivity contribution in [3.05, 3.63) is 35.9 Å². The molecular weight excluding hydrogens is 271 g/mol. The Kier molecular flexibility index (Phi) is 14.3. The zero-order valence-corrected chi connectivity index (χ0v) is 14.0. The second-order valence-corrected chi connectivity index (χ2v) is 6.28. The van der Waals surface area contributed by atoms with E-state index in [1.165, 1.54) is 69.3 Å². The molecule has 0 aliphatic heterocycles. The van der Waals surface area contributed by atoms with Crippen LogP contribution in [0.25, 0.3) is 0 Å². The Labute approximate surface area is 128 Å². The number of benzene rings is 1. The van der Waals surface area contributed by atoms with Gasteiger partial charge in [0.1, 0.15) is 0 Å². The van der Waals surface area contributed by atoms with E-state index in [4.69, 9.17) is 0 Å². The molecule has 109 valence electrons. The lowest BCUT2D eigenvalue weighted by Crippen LogP contribution is -1.83. The molecule has 0 saturated heterocycles. The lowest BCUT2D eigenvalue weighted by molar-refractivity contribution is 0.586. The third-order valence-corrected chi connectivity index (χ3v) is 4.53. The van der Waals surface area contributed by atoms with Gasteiger partial charge in [-0.3, -0.25) is 0 Å². The van der Waals surface area contributed by atoms with E-state index in [2.05, 4.69) is 37.3 Å². The standard InChI is InChI=1S/C17H28P.ClH/c1-2-3-4-5-6-7-8-12-15-18-16-17-13-10-9-11-14-17;/h9-11,13-14H,2-8,12,15-16H2,1H3;1H. The predicted molar refractivity (Wildman–Crippen MR) is 91.8 cm³/mol. The Balaban J connectivity index is 0.00000324. The lowest BCUT2D eigenvalue weighted by atomic mass is 10.1. The summed E-state index contributed by atoms with van der Waals surface area (Å²) in [6, 6.07) is 10.8. The van der Waals surface area contributed by atoms with Gasteiger partial charge in [0.15, 0.2) is 0 Å². The van der Waals surface area contributed by atoms with Crippen LogP contribution in [0.15, 0.2) is 30.3 Å². The first-order valence-electron chi connectivity index (χ1n) is 7.60. The Hall–Kier alpha value is -0.0600. The fourth-order valence-corrected chi connectivity index (χ4v) is 3.22. The van der Waals surface area contributed by atoms with Crippen molar-refractivity contribution < 1.29 is 0 Å². The molecule has 1 aromatic carbocycles. The first-order valence-corrected chi connectivity index (χ1v) is 8.87. The number of rotatable bonds is 11. The Morgan fingerprint density at radius 2 is 1.37 bits per heavy atom. The van der Waals surface area contributed by atoms with Gasteiger partial charge < -0.3 is 0 Å². The summed E-state index contributed by atoms with van der Waals surface area (Å²) in [4.78, 5) is 0. The van der Waals surface area contributed by atoms with Gasteiger partial charge in [-0.1, -0.05) is 90.8 Å². The number of hydrogen-bond donors (Lipinski definition) is 0. The molecule has 0 nitrogen and oxygen atoms in total. The molecular formula is C17H29ClP. The summed E-state index contributed by atoms with van der Waals surface area (Å²) in [6.45, 7) is 2.28. The van der Waals surface area contributed by atoms with Crippen LogP contribution in [0.3, 0.4) is 0 Å². The van der Waals surface area contributed by atoms with Crippen molar-refractivity contribution in [2.75, 3.05) is 6.16 Å². The molecule has 0 saturated carbocycles. The quantitative estimate of drug-likeness (QED) is 0.315. The van der Waals surface area contributed by atoms with E-state index in [-0.39, 0.29) is 12.4 Å². The highest BCUT2D eigenvalue weighted by molar-refractivity contribution is 7.37. The summed E-state index contributed by atoms with van der Waals surface area (Å²) >= 11 is 0. The van der Waals surface area contributed by atoms with Crippen molar-refractivity contribution in [1.29, 1.82) is 0 Å². The number of halogens is 1.